The fourth-order valence-corrected chi connectivity index (χ4v) is 2.11. The number of aromatic amines is 1. The minimum atomic E-state index is -0.633. The molecule has 0 aliphatic heterocycles. The van der Waals surface area contributed by atoms with Crippen molar-refractivity contribution in [2.75, 3.05) is 6.61 Å². The number of benzene rings is 1. The average Bonchev–Trinajstić information content (AvgIpc) is 2.48. The Bertz CT molecular complexity index is 724. The molecule has 0 spiro atoms. The van der Waals surface area contributed by atoms with Gasteiger partial charge in [-0.1, -0.05) is 13.3 Å². The zero-order chi connectivity index (χ0) is 16.1. The number of fused-ring (bicyclic) bond motifs is 1. The summed E-state index contributed by atoms with van der Waals surface area (Å²) in [6.45, 7) is 5.71. The van der Waals surface area contributed by atoms with Gasteiger partial charge in [-0.2, -0.15) is 0 Å². The van der Waals surface area contributed by atoms with Gasteiger partial charge in [0, 0.05) is 6.07 Å². The van der Waals surface area contributed by atoms with E-state index in [4.69, 9.17) is 9.47 Å². The van der Waals surface area contributed by atoms with Crippen LogP contribution < -0.4 is 10.3 Å². The molecule has 2 rings (SSSR count). The van der Waals surface area contributed by atoms with Crippen LogP contribution in [0.25, 0.3) is 11.0 Å². The minimum Gasteiger partial charge on any atom is -0.479 e. The van der Waals surface area contributed by atoms with E-state index < -0.39 is 6.10 Å². The highest BCUT2D eigenvalue weighted by molar-refractivity contribution is 5.77. The Morgan fingerprint density at radius 2 is 2.14 bits per heavy atom. The van der Waals surface area contributed by atoms with Crippen LogP contribution in [0.2, 0.25) is 0 Å². The van der Waals surface area contributed by atoms with Crippen molar-refractivity contribution in [3.05, 3.63) is 34.2 Å². The first-order valence-electron chi connectivity index (χ1n) is 7.39. The van der Waals surface area contributed by atoms with Gasteiger partial charge in [-0.3, -0.25) is 4.79 Å². The highest BCUT2D eigenvalue weighted by atomic mass is 16.6. The summed E-state index contributed by atoms with van der Waals surface area (Å²) in [5.41, 5.74) is 1.43. The normalized spacial score (nSPS) is 12.1. The summed E-state index contributed by atoms with van der Waals surface area (Å²) in [7, 11) is 0. The van der Waals surface area contributed by atoms with Crippen LogP contribution in [0.3, 0.4) is 0 Å². The number of aryl methyl sites for hydroxylation is 1. The Morgan fingerprint density at radius 3 is 2.82 bits per heavy atom. The molecule has 0 aliphatic rings. The molecule has 0 amide bonds. The molecule has 6 heteroatoms. The fraction of sp³-hybridized carbons (Fsp3) is 0.438. The van der Waals surface area contributed by atoms with Gasteiger partial charge in [0.05, 0.1) is 17.6 Å². The maximum absolute atomic E-state index is 11.9. The first kappa shape index (κ1) is 16.0. The van der Waals surface area contributed by atoms with Crippen LogP contribution in [0, 0.1) is 6.92 Å². The molecule has 1 heterocycles. The molecule has 2 aromatic rings. The number of hydrogen-bond acceptors (Lipinski definition) is 5. The average molecular weight is 304 g/mol. The van der Waals surface area contributed by atoms with Crippen LogP contribution in [0.15, 0.2) is 23.0 Å². The van der Waals surface area contributed by atoms with E-state index in [9.17, 15) is 9.59 Å². The number of nitrogens with one attached hydrogen (secondary N) is 1. The van der Waals surface area contributed by atoms with Crippen molar-refractivity contribution in [2.24, 2.45) is 0 Å². The van der Waals surface area contributed by atoms with Crippen LogP contribution in [0.1, 0.15) is 32.4 Å². The summed E-state index contributed by atoms with van der Waals surface area (Å²) in [5, 5.41) is 0. The first-order valence-corrected chi connectivity index (χ1v) is 7.39. The Morgan fingerprint density at radius 1 is 1.36 bits per heavy atom. The molecule has 22 heavy (non-hydrogen) atoms. The minimum absolute atomic E-state index is 0.212. The molecule has 118 valence electrons. The van der Waals surface area contributed by atoms with Gasteiger partial charge in [0.15, 0.2) is 6.10 Å². The molecule has 0 saturated heterocycles. The second-order valence-corrected chi connectivity index (χ2v) is 4.98. The second-order valence-electron chi connectivity index (χ2n) is 4.98. The van der Waals surface area contributed by atoms with Gasteiger partial charge in [-0.25, -0.2) is 9.78 Å². The molecule has 1 unspecified atom stereocenters. The Hall–Kier alpha value is -2.37. The van der Waals surface area contributed by atoms with Gasteiger partial charge in [-0.15, -0.1) is 0 Å². The van der Waals surface area contributed by atoms with E-state index in [0.717, 1.165) is 6.42 Å². The molecule has 1 aromatic heterocycles. The third-order valence-corrected chi connectivity index (χ3v) is 3.21. The van der Waals surface area contributed by atoms with E-state index in [1.54, 1.807) is 32.0 Å². The monoisotopic (exact) mass is 304 g/mol. The van der Waals surface area contributed by atoms with Gasteiger partial charge < -0.3 is 14.5 Å². The van der Waals surface area contributed by atoms with Gasteiger partial charge in [0.25, 0.3) is 5.56 Å². The summed E-state index contributed by atoms with van der Waals surface area (Å²) in [5.74, 6) is 0.160. The highest BCUT2D eigenvalue weighted by Gasteiger charge is 2.21. The van der Waals surface area contributed by atoms with E-state index in [-0.39, 0.29) is 11.5 Å². The van der Waals surface area contributed by atoms with Crippen molar-refractivity contribution in [3.63, 3.8) is 0 Å². The van der Waals surface area contributed by atoms with Crippen LogP contribution >= 0.6 is 0 Å². The maximum atomic E-state index is 11.9. The molecule has 1 atom stereocenters. The van der Waals surface area contributed by atoms with Gasteiger partial charge in [-0.05, 0) is 32.4 Å². The standard InChI is InChI=1S/C16H20N2O4/c1-4-6-14(16(20)21-5-2)22-11-7-8-12-13(9-11)17-10(3)15(19)18-12/h7-9,14H,4-6H2,1-3H3,(H,18,19). The Kier molecular flexibility index (Phi) is 5.14. The molecule has 0 fully saturated rings. The Balaban J connectivity index is 2.27. The highest BCUT2D eigenvalue weighted by Crippen LogP contribution is 2.20. The lowest BCUT2D eigenvalue weighted by atomic mass is 10.2. The summed E-state index contributed by atoms with van der Waals surface area (Å²) < 4.78 is 10.8. The number of ether oxygens (including phenoxy) is 2. The van der Waals surface area contributed by atoms with Crippen molar-refractivity contribution in [1.82, 2.24) is 9.97 Å². The summed E-state index contributed by atoms with van der Waals surface area (Å²) >= 11 is 0. The zero-order valence-corrected chi connectivity index (χ0v) is 13.0. The second kappa shape index (κ2) is 7.06. The zero-order valence-electron chi connectivity index (χ0n) is 13.0. The fourth-order valence-electron chi connectivity index (χ4n) is 2.11. The third-order valence-electron chi connectivity index (χ3n) is 3.21. The first-order chi connectivity index (χ1) is 10.5. The van der Waals surface area contributed by atoms with Crippen LogP contribution in [0.5, 0.6) is 5.75 Å². The van der Waals surface area contributed by atoms with Gasteiger partial charge in [0.1, 0.15) is 11.4 Å². The number of esters is 1. The van der Waals surface area contributed by atoms with Gasteiger partial charge >= 0.3 is 5.97 Å². The molecular weight excluding hydrogens is 284 g/mol. The van der Waals surface area contributed by atoms with Crippen LogP contribution in [-0.4, -0.2) is 28.6 Å². The third kappa shape index (κ3) is 3.63. The molecule has 0 aliphatic carbocycles. The predicted molar refractivity (Wildman–Crippen MR) is 83.1 cm³/mol. The van der Waals surface area contributed by atoms with Crippen LogP contribution in [-0.2, 0) is 9.53 Å². The van der Waals surface area contributed by atoms with E-state index in [0.29, 0.717) is 35.5 Å². The lowest BCUT2D eigenvalue weighted by Gasteiger charge is -2.17. The SMILES string of the molecule is CCCC(Oc1ccc2[nH]c(=O)c(C)nc2c1)C(=O)OCC. The quantitative estimate of drug-likeness (QED) is 0.828. The number of hydrogen-bond donors (Lipinski definition) is 1. The maximum Gasteiger partial charge on any atom is 0.347 e. The van der Waals surface area contributed by atoms with Crippen molar-refractivity contribution in [1.29, 1.82) is 0 Å². The van der Waals surface area contributed by atoms with E-state index in [1.165, 1.54) is 0 Å². The number of rotatable bonds is 6. The summed E-state index contributed by atoms with van der Waals surface area (Å²) in [6, 6.07) is 5.13. The molecule has 1 N–H and O–H groups in total. The summed E-state index contributed by atoms with van der Waals surface area (Å²) in [4.78, 5) is 30.4. The lowest BCUT2D eigenvalue weighted by molar-refractivity contribution is -0.151. The van der Waals surface area contributed by atoms with E-state index in [2.05, 4.69) is 9.97 Å². The largest absolute Gasteiger partial charge is 0.479 e. The number of nitrogens with zero attached hydrogens (tertiary/aromatic N) is 1. The van der Waals surface area contributed by atoms with Crippen molar-refractivity contribution in [3.8, 4) is 5.75 Å². The molecule has 0 bridgehead atoms. The molecular formula is C16H20N2O4. The molecule has 1 aromatic carbocycles. The van der Waals surface area contributed by atoms with Crippen molar-refractivity contribution >= 4 is 17.0 Å². The number of carbonyl (C=O) groups excluding carboxylic acids is 1. The van der Waals surface area contributed by atoms with E-state index in [1.807, 2.05) is 6.92 Å². The van der Waals surface area contributed by atoms with Crippen molar-refractivity contribution < 1.29 is 14.3 Å². The number of aromatic nitrogens is 2. The van der Waals surface area contributed by atoms with Crippen LogP contribution in [0.4, 0.5) is 0 Å². The molecule has 6 nitrogen and oxygen atoms in total. The number of H-pyrrole nitrogens is 1. The van der Waals surface area contributed by atoms with Gasteiger partial charge in [0.2, 0.25) is 0 Å². The molecule has 0 radical (unpaired) electrons. The van der Waals surface area contributed by atoms with Crippen molar-refractivity contribution in [2.45, 2.75) is 39.7 Å². The number of carbonyl (C=O) groups is 1. The molecule has 0 saturated carbocycles. The predicted octanol–water partition coefficient (Wildman–Crippen LogP) is 2.34. The summed E-state index contributed by atoms with van der Waals surface area (Å²) in [6.07, 6.45) is 0.753. The van der Waals surface area contributed by atoms with E-state index >= 15 is 0 Å². The lowest BCUT2D eigenvalue weighted by Crippen LogP contribution is -2.29. The topological polar surface area (TPSA) is 81.3 Å². The smallest absolute Gasteiger partial charge is 0.347 e. The Labute approximate surface area is 128 Å².